The van der Waals surface area contributed by atoms with Gasteiger partial charge in [0.25, 0.3) is 0 Å². The van der Waals surface area contributed by atoms with Gasteiger partial charge in [-0.15, -0.1) is 0 Å². The van der Waals surface area contributed by atoms with Crippen molar-refractivity contribution in [2.24, 2.45) is 11.7 Å². The van der Waals surface area contributed by atoms with Crippen LogP contribution in [0.1, 0.15) is 32.8 Å². The SMILES string of the molecule is CC(C)(C)OC(=O)[C@H](C(=O)O)[C@@H](N)C/C=C/c1ccccc1. The van der Waals surface area contributed by atoms with E-state index >= 15 is 0 Å². The molecular weight excluding hydrogens is 282 g/mol. The van der Waals surface area contributed by atoms with Gasteiger partial charge in [0.1, 0.15) is 5.60 Å². The van der Waals surface area contributed by atoms with Crippen LogP contribution in [0.5, 0.6) is 0 Å². The van der Waals surface area contributed by atoms with Crippen LogP contribution in [0.25, 0.3) is 6.08 Å². The van der Waals surface area contributed by atoms with Crippen molar-refractivity contribution < 1.29 is 19.4 Å². The summed E-state index contributed by atoms with van der Waals surface area (Å²) in [7, 11) is 0. The van der Waals surface area contributed by atoms with E-state index in [1.165, 1.54) is 0 Å². The topological polar surface area (TPSA) is 89.6 Å². The molecule has 5 heteroatoms. The van der Waals surface area contributed by atoms with Crippen molar-refractivity contribution in [2.45, 2.75) is 38.8 Å². The van der Waals surface area contributed by atoms with Crippen molar-refractivity contribution in [1.29, 1.82) is 0 Å². The first kappa shape index (κ1) is 17.9. The normalized spacial score (nSPS) is 14.5. The molecule has 1 aromatic rings. The lowest BCUT2D eigenvalue weighted by Crippen LogP contribution is -2.43. The number of carboxylic acid groups (broad SMARTS) is 1. The Balaban J connectivity index is 2.69. The zero-order valence-electron chi connectivity index (χ0n) is 13.2. The molecule has 0 saturated heterocycles. The minimum atomic E-state index is -1.38. The van der Waals surface area contributed by atoms with E-state index < -0.39 is 29.5 Å². The lowest BCUT2D eigenvalue weighted by molar-refractivity contribution is -0.167. The molecule has 0 bridgehead atoms. The summed E-state index contributed by atoms with van der Waals surface area (Å²) >= 11 is 0. The fraction of sp³-hybridized carbons (Fsp3) is 0.412. The zero-order chi connectivity index (χ0) is 16.8. The Morgan fingerprint density at radius 3 is 2.36 bits per heavy atom. The molecule has 0 heterocycles. The Morgan fingerprint density at radius 1 is 1.27 bits per heavy atom. The van der Waals surface area contributed by atoms with E-state index in [0.717, 1.165) is 5.56 Å². The van der Waals surface area contributed by atoms with Gasteiger partial charge in [-0.3, -0.25) is 9.59 Å². The number of rotatable bonds is 6. The Hall–Kier alpha value is -2.14. The average Bonchev–Trinajstić information content (AvgIpc) is 2.37. The summed E-state index contributed by atoms with van der Waals surface area (Å²) in [4.78, 5) is 23.3. The molecule has 0 saturated carbocycles. The van der Waals surface area contributed by atoms with Crippen LogP contribution in [0.3, 0.4) is 0 Å². The Morgan fingerprint density at radius 2 is 1.86 bits per heavy atom. The van der Waals surface area contributed by atoms with Crippen molar-refractivity contribution in [2.75, 3.05) is 0 Å². The molecule has 22 heavy (non-hydrogen) atoms. The molecule has 0 aliphatic heterocycles. The van der Waals surface area contributed by atoms with E-state index in [1.807, 2.05) is 36.4 Å². The van der Waals surface area contributed by atoms with Crippen LogP contribution >= 0.6 is 0 Å². The predicted octanol–water partition coefficient (Wildman–Crippen LogP) is 2.46. The fourth-order valence-electron chi connectivity index (χ4n) is 1.89. The molecule has 2 atom stereocenters. The first-order valence-corrected chi connectivity index (χ1v) is 7.13. The van der Waals surface area contributed by atoms with Crippen molar-refractivity contribution in [1.82, 2.24) is 0 Å². The van der Waals surface area contributed by atoms with Gasteiger partial charge in [-0.25, -0.2) is 0 Å². The summed E-state index contributed by atoms with van der Waals surface area (Å²) < 4.78 is 5.12. The van der Waals surface area contributed by atoms with Crippen LogP contribution in [0.2, 0.25) is 0 Å². The molecule has 0 spiro atoms. The van der Waals surface area contributed by atoms with Gasteiger partial charge < -0.3 is 15.6 Å². The van der Waals surface area contributed by atoms with Crippen LogP contribution in [-0.2, 0) is 14.3 Å². The number of carboxylic acids is 1. The summed E-state index contributed by atoms with van der Waals surface area (Å²) in [6, 6.07) is 8.72. The van der Waals surface area contributed by atoms with Gasteiger partial charge in [-0.2, -0.15) is 0 Å². The number of ether oxygens (including phenoxy) is 1. The number of carbonyl (C=O) groups is 2. The summed E-state index contributed by atoms with van der Waals surface area (Å²) in [5.74, 6) is -3.45. The van der Waals surface area contributed by atoms with Gasteiger partial charge in [0.2, 0.25) is 0 Å². The second-order valence-corrected chi connectivity index (χ2v) is 6.06. The molecule has 0 aliphatic carbocycles. The van der Waals surface area contributed by atoms with Crippen molar-refractivity contribution in [3.8, 4) is 0 Å². The number of hydrogen-bond acceptors (Lipinski definition) is 4. The molecule has 0 radical (unpaired) electrons. The van der Waals surface area contributed by atoms with Gasteiger partial charge in [-0.05, 0) is 32.8 Å². The Bertz CT molecular complexity index is 531. The van der Waals surface area contributed by atoms with Crippen LogP contribution in [0.4, 0.5) is 0 Å². The van der Waals surface area contributed by atoms with Gasteiger partial charge in [0.05, 0.1) is 0 Å². The van der Waals surface area contributed by atoms with Gasteiger partial charge in [-0.1, -0.05) is 42.5 Å². The molecule has 120 valence electrons. The minimum absolute atomic E-state index is 0.269. The Kier molecular flexibility index (Phi) is 6.31. The third kappa shape index (κ3) is 6.10. The monoisotopic (exact) mass is 305 g/mol. The quantitative estimate of drug-likeness (QED) is 0.622. The van der Waals surface area contributed by atoms with Gasteiger partial charge >= 0.3 is 11.9 Å². The minimum Gasteiger partial charge on any atom is -0.481 e. The van der Waals surface area contributed by atoms with E-state index in [1.54, 1.807) is 26.8 Å². The molecule has 0 amide bonds. The maximum atomic E-state index is 12.0. The number of aliphatic carboxylic acids is 1. The zero-order valence-corrected chi connectivity index (χ0v) is 13.2. The van der Waals surface area contributed by atoms with Crippen LogP contribution in [0, 0.1) is 5.92 Å². The highest BCUT2D eigenvalue weighted by Gasteiger charge is 2.35. The van der Waals surface area contributed by atoms with E-state index in [0.29, 0.717) is 0 Å². The second kappa shape index (κ2) is 7.75. The number of carbonyl (C=O) groups excluding carboxylic acids is 1. The van der Waals surface area contributed by atoms with Gasteiger partial charge in [0.15, 0.2) is 5.92 Å². The summed E-state index contributed by atoms with van der Waals surface area (Å²) in [6.07, 6.45) is 3.87. The van der Waals surface area contributed by atoms with E-state index in [-0.39, 0.29) is 6.42 Å². The number of nitrogens with two attached hydrogens (primary N) is 1. The lowest BCUT2D eigenvalue weighted by Gasteiger charge is -2.24. The van der Waals surface area contributed by atoms with E-state index in [9.17, 15) is 14.7 Å². The number of hydrogen-bond donors (Lipinski definition) is 2. The van der Waals surface area contributed by atoms with E-state index in [2.05, 4.69) is 0 Å². The molecule has 0 aromatic heterocycles. The van der Waals surface area contributed by atoms with Crippen molar-refractivity contribution in [3.05, 3.63) is 42.0 Å². The average molecular weight is 305 g/mol. The number of esters is 1. The van der Waals surface area contributed by atoms with E-state index in [4.69, 9.17) is 10.5 Å². The highest BCUT2D eigenvalue weighted by Crippen LogP contribution is 2.16. The molecule has 5 nitrogen and oxygen atoms in total. The van der Waals surface area contributed by atoms with Crippen LogP contribution < -0.4 is 5.73 Å². The van der Waals surface area contributed by atoms with Crippen molar-refractivity contribution in [3.63, 3.8) is 0 Å². The largest absolute Gasteiger partial charge is 0.481 e. The highest BCUT2D eigenvalue weighted by molar-refractivity contribution is 5.95. The highest BCUT2D eigenvalue weighted by atomic mass is 16.6. The third-order valence-electron chi connectivity index (χ3n) is 2.87. The maximum Gasteiger partial charge on any atom is 0.322 e. The first-order valence-electron chi connectivity index (χ1n) is 7.13. The fourth-order valence-corrected chi connectivity index (χ4v) is 1.89. The van der Waals surface area contributed by atoms with Gasteiger partial charge in [0, 0.05) is 6.04 Å². The molecule has 0 aliphatic rings. The predicted molar refractivity (Wildman–Crippen MR) is 85.0 cm³/mol. The molecule has 1 aromatic carbocycles. The standard InChI is InChI=1S/C17H23NO4/c1-17(2,3)22-16(21)14(15(19)20)13(18)11-7-10-12-8-5-4-6-9-12/h4-10,13-14H,11,18H2,1-3H3,(H,19,20)/b10-7+/t13-,14-/m0/s1. The molecular formula is C17H23NO4. The van der Waals surface area contributed by atoms with Crippen molar-refractivity contribution >= 4 is 18.0 Å². The maximum absolute atomic E-state index is 12.0. The van der Waals surface area contributed by atoms with Crippen LogP contribution in [0.15, 0.2) is 36.4 Å². The molecule has 0 unspecified atom stereocenters. The summed E-state index contributed by atoms with van der Waals surface area (Å²) in [5.41, 5.74) is 6.11. The Labute approximate surface area is 130 Å². The summed E-state index contributed by atoms with van der Waals surface area (Å²) in [5, 5.41) is 9.22. The third-order valence-corrected chi connectivity index (χ3v) is 2.87. The molecule has 3 N–H and O–H groups in total. The molecule has 1 rings (SSSR count). The smallest absolute Gasteiger partial charge is 0.322 e. The number of benzene rings is 1. The lowest BCUT2D eigenvalue weighted by atomic mass is 9.97. The first-order chi connectivity index (χ1) is 10.2. The molecule has 0 fully saturated rings. The van der Waals surface area contributed by atoms with Crippen LogP contribution in [-0.4, -0.2) is 28.7 Å². The second-order valence-electron chi connectivity index (χ2n) is 6.06. The summed E-state index contributed by atoms with van der Waals surface area (Å²) in [6.45, 7) is 5.06.